The van der Waals surface area contributed by atoms with E-state index in [1.54, 1.807) is 0 Å². The largest absolute Gasteiger partial charge is 0.376 e. The van der Waals surface area contributed by atoms with Gasteiger partial charge >= 0.3 is 0 Å². The summed E-state index contributed by atoms with van der Waals surface area (Å²) in [4.78, 5) is 4.63. The second-order valence-corrected chi connectivity index (χ2v) is 5.52. The van der Waals surface area contributed by atoms with Crippen molar-refractivity contribution in [2.24, 2.45) is 5.73 Å². The Labute approximate surface area is 119 Å². The van der Waals surface area contributed by atoms with E-state index in [9.17, 15) is 5.26 Å². The number of hydrogen-bond donors (Lipinski definition) is 2. The number of nitrogens with zero attached hydrogens (tertiary/aromatic N) is 2. The lowest BCUT2D eigenvalue weighted by atomic mass is 9.83. The minimum absolute atomic E-state index is 0.0500. The molecule has 0 radical (unpaired) electrons. The number of ether oxygens (including phenoxy) is 1. The number of nitrogens with two attached hydrogens (primary N) is 1. The Kier molecular flexibility index (Phi) is 3.60. The van der Waals surface area contributed by atoms with Crippen LogP contribution in [0.1, 0.15) is 36.6 Å². The molecule has 0 amide bonds. The Morgan fingerprint density at radius 3 is 3.10 bits per heavy atom. The number of anilines is 1. The molecule has 3 rings (SSSR count). The van der Waals surface area contributed by atoms with Crippen molar-refractivity contribution in [2.45, 2.75) is 50.8 Å². The molecule has 0 aliphatic heterocycles. The standard InChI is InChI=1S/C15H20N4O/c1-2-20-13-7-11(17)14(13)19-15-10(8-16)6-9-4-3-5-12(9)18-15/h6,11,13-14H,2-5,7,17H2,1H3,(H,18,19). The first-order chi connectivity index (χ1) is 9.72. The monoisotopic (exact) mass is 272 g/mol. The Morgan fingerprint density at radius 2 is 2.40 bits per heavy atom. The smallest absolute Gasteiger partial charge is 0.144 e. The number of rotatable bonds is 4. The molecule has 20 heavy (non-hydrogen) atoms. The van der Waals surface area contributed by atoms with Crippen LogP contribution in [-0.4, -0.2) is 29.8 Å². The van der Waals surface area contributed by atoms with Crippen LogP contribution in [0.15, 0.2) is 6.07 Å². The van der Waals surface area contributed by atoms with Crippen LogP contribution in [0.25, 0.3) is 0 Å². The predicted molar refractivity (Wildman–Crippen MR) is 76.4 cm³/mol. The van der Waals surface area contributed by atoms with E-state index in [0.717, 1.165) is 31.4 Å². The van der Waals surface area contributed by atoms with Gasteiger partial charge in [-0.3, -0.25) is 0 Å². The molecule has 0 spiro atoms. The van der Waals surface area contributed by atoms with Gasteiger partial charge in [0.25, 0.3) is 0 Å². The summed E-state index contributed by atoms with van der Waals surface area (Å²) in [5.41, 5.74) is 8.99. The molecule has 1 aromatic heterocycles. The maximum atomic E-state index is 9.30. The zero-order valence-corrected chi connectivity index (χ0v) is 11.7. The number of aromatic nitrogens is 1. The van der Waals surface area contributed by atoms with Crippen molar-refractivity contribution in [2.75, 3.05) is 11.9 Å². The fourth-order valence-electron chi connectivity index (χ4n) is 3.05. The first-order valence-electron chi connectivity index (χ1n) is 7.29. The fraction of sp³-hybridized carbons (Fsp3) is 0.600. The summed E-state index contributed by atoms with van der Waals surface area (Å²) in [5.74, 6) is 0.665. The van der Waals surface area contributed by atoms with E-state index in [1.807, 2.05) is 13.0 Å². The van der Waals surface area contributed by atoms with Crippen LogP contribution in [0.3, 0.4) is 0 Å². The first-order valence-corrected chi connectivity index (χ1v) is 7.29. The fourth-order valence-corrected chi connectivity index (χ4v) is 3.05. The molecule has 1 heterocycles. The lowest BCUT2D eigenvalue weighted by molar-refractivity contribution is -0.0127. The van der Waals surface area contributed by atoms with Crippen LogP contribution in [0.5, 0.6) is 0 Å². The van der Waals surface area contributed by atoms with E-state index in [0.29, 0.717) is 18.0 Å². The highest BCUT2D eigenvalue weighted by atomic mass is 16.5. The molecule has 3 N–H and O–H groups in total. The molecule has 2 aliphatic carbocycles. The van der Waals surface area contributed by atoms with Crippen molar-refractivity contribution in [3.05, 3.63) is 22.9 Å². The molecule has 5 nitrogen and oxygen atoms in total. The van der Waals surface area contributed by atoms with E-state index in [-0.39, 0.29) is 18.2 Å². The van der Waals surface area contributed by atoms with Crippen LogP contribution in [0.2, 0.25) is 0 Å². The van der Waals surface area contributed by atoms with E-state index >= 15 is 0 Å². The van der Waals surface area contributed by atoms with Crippen molar-refractivity contribution >= 4 is 5.82 Å². The molecule has 3 atom stereocenters. The Balaban J connectivity index is 1.82. The van der Waals surface area contributed by atoms with Crippen LogP contribution < -0.4 is 11.1 Å². The zero-order valence-electron chi connectivity index (χ0n) is 11.7. The number of nitrogens with one attached hydrogen (secondary N) is 1. The van der Waals surface area contributed by atoms with Crippen molar-refractivity contribution in [1.82, 2.24) is 4.98 Å². The van der Waals surface area contributed by atoms with Crippen LogP contribution >= 0.6 is 0 Å². The van der Waals surface area contributed by atoms with Gasteiger partial charge in [0.1, 0.15) is 11.9 Å². The minimum atomic E-state index is 0.0500. The number of pyridine rings is 1. The van der Waals surface area contributed by atoms with E-state index in [2.05, 4.69) is 16.4 Å². The summed E-state index contributed by atoms with van der Waals surface area (Å²) in [7, 11) is 0. The van der Waals surface area contributed by atoms with Gasteiger partial charge in [-0.25, -0.2) is 4.98 Å². The molecule has 1 aromatic rings. The van der Waals surface area contributed by atoms with Gasteiger partial charge in [-0.05, 0) is 44.2 Å². The highest BCUT2D eigenvalue weighted by Gasteiger charge is 2.40. The maximum absolute atomic E-state index is 9.30. The molecular formula is C15H20N4O. The molecule has 5 heteroatoms. The highest BCUT2D eigenvalue weighted by Crippen LogP contribution is 2.29. The molecular weight excluding hydrogens is 252 g/mol. The average molecular weight is 272 g/mol. The lowest BCUT2D eigenvalue weighted by Crippen LogP contribution is -2.60. The SMILES string of the molecule is CCOC1CC(N)C1Nc1nc2c(cc1C#N)CCC2. The van der Waals surface area contributed by atoms with Crippen LogP contribution in [-0.2, 0) is 17.6 Å². The van der Waals surface area contributed by atoms with Gasteiger partial charge in [0.2, 0.25) is 0 Å². The Morgan fingerprint density at radius 1 is 1.55 bits per heavy atom. The molecule has 1 saturated carbocycles. The molecule has 0 aromatic carbocycles. The van der Waals surface area contributed by atoms with E-state index in [1.165, 1.54) is 5.56 Å². The van der Waals surface area contributed by atoms with Crippen LogP contribution in [0.4, 0.5) is 5.82 Å². The van der Waals surface area contributed by atoms with Gasteiger partial charge in [0, 0.05) is 18.3 Å². The maximum Gasteiger partial charge on any atom is 0.144 e. The third-order valence-corrected chi connectivity index (χ3v) is 4.22. The lowest BCUT2D eigenvalue weighted by Gasteiger charge is -2.42. The van der Waals surface area contributed by atoms with Gasteiger partial charge in [-0.15, -0.1) is 0 Å². The zero-order chi connectivity index (χ0) is 14.1. The summed E-state index contributed by atoms with van der Waals surface area (Å²) in [6, 6.07) is 4.32. The molecule has 1 fully saturated rings. The van der Waals surface area contributed by atoms with Gasteiger partial charge in [-0.2, -0.15) is 5.26 Å². The van der Waals surface area contributed by atoms with Crippen LogP contribution in [0, 0.1) is 11.3 Å². The minimum Gasteiger partial charge on any atom is -0.376 e. The molecule has 3 unspecified atom stereocenters. The topological polar surface area (TPSA) is 84.0 Å². The highest BCUT2D eigenvalue weighted by molar-refractivity contribution is 5.56. The number of aryl methyl sites for hydroxylation is 2. The molecule has 106 valence electrons. The van der Waals surface area contributed by atoms with Crippen molar-refractivity contribution < 1.29 is 4.74 Å². The van der Waals surface area contributed by atoms with E-state index < -0.39 is 0 Å². The summed E-state index contributed by atoms with van der Waals surface area (Å²) in [6.07, 6.45) is 4.14. The second-order valence-electron chi connectivity index (χ2n) is 5.52. The molecule has 2 aliphatic rings. The third-order valence-electron chi connectivity index (χ3n) is 4.22. The summed E-state index contributed by atoms with van der Waals surface area (Å²) in [5, 5.41) is 12.6. The Hall–Kier alpha value is -1.64. The van der Waals surface area contributed by atoms with Gasteiger partial charge in [-0.1, -0.05) is 0 Å². The van der Waals surface area contributed by atoms with Crippen molar-refractivity contribution in [3.63, 3.8) is 0 Å². The summed E-state index contributed by atoms with van der Waals surface area (Å²) in [6.45, 7) is 2.66. The van der Waals surface area contributed by atoms with Gasteiger partial charge in [0.05, 0.1) is 17.7 Å². The van der Waals surface area contributed by atoms with Gasteiger partial charge < -0.3 is 15.8 Å². The second kappa shape index (κ2) is 5.39. The van der Waals surface area contributed by atoms with Crippen molar-refractivity contribution in [3.8, 4) is 6.07 Å². The molecule has 0 saturated heterocycles. The third kappa shape index (κ3) is 2.26. The normalized spacial score (nSPS) is 27.6. The number of fused-ring (bicyclic) bond motifs is 1. The number of nitriles is 1. The molecule has 0 bridgehead atoms. The summed E-state index contributed by atoms with van der Waals surface area (Å²) < 4.78 is 5.65. The average Bonchev–Trinajstić information content (AvgIpc) is 2.90. The van der Waals surface area contributed by atoms with Gasteiger partial charge in [0.15, 0.2) is 0 Å². The van der Waals surface area contributed by atoms with E-state index in [4.69, 9.17) is 10.5 Å². The predicted octanol–water partition coefficient (Wildman–Crippen LogP) is 1.36. The first kappa shape index (κ1) is 13.3. The Bertz CT molecular complexity index is 550. The number of hydrogen-bond acceptors (Lipinski definition) is 5. The van der Waals surface area contributed by atoms with Crippen molar-refractivity contribution in [1.29, 1.82) is 5.26 Å². The summed E-state index contributed by atoms with van der Waals surface area (Å²) >= 11 is 0. The quantitative estimate of drug-likeness (QED) is 0.864.